The largest absolute Gasteiger partial charge is 0.480 e. The van der Waals surface area contributed by atoms with Crippen molar-refractivity contribution in [1.82, 2.24) is 5.32 Å². The van der Waals surface area contributed by atoms with Gasteiger partial charge in [-0.2, -0.15) is 0 Å². The topological polar surface area (TPSA) is 66.4 Å². The lowest BCUT2D eigenvalue weighted by Crippen LogP contribution is -2.50. The Morgan fingerprint density at radius 2 is 1.80 bits per heavy atom. The van der Waals surface area contributed by atoms with Crippen LogP contribution >= 0.6 is 0 Å². The highest BCUT2D eigenvalue weighted by molar-refractivity contribution is 5.85. The highest BCUT2D eigenvalue weighted by atomic mass is 16.4. The van der Waals surface area contributed by atoms with Gasteiger partial charge >= 0.3 is 5.97 Å². The van der Waals surface area contributed by atoms with Gasteiger partial charge in [0, 0.05) is 5.92 Å². The number of carboxylic acids is 1. The summed E-state index contributed by atoms with van der Waals surface area (Å²) in [7, 11) is 0. The summed E-state index contributed by atoms with van der Waals surface area (Å²) < 4.78 is 0. The number of hydrogen-bond donors (Lipinski definition) is 2. The van der Waals surface area contributed by atoms with Crippen molar-refractivity contribution in [1.29, 1.82) is 0 Å². The second kappa shape index (κ2) is 5.14. The van der Waals surface area contributed by atoms with Crippen LogP contribution in [0.3, 0.4) is 0 Å². The van der Waals surface area contributed by atoms with Crippen molar-refractivity contribution in [2.24, 2.45) is 11.3 Å². The van der Waals surface area contributed by atoms with Crippen LogP contribution in [-0.4, -0.2) is 23.0 Å². The van der Waals surface area contributed by atoms with E-state index in [1.807, 2.05) is 6.92 Å². The normalized spacial score (nSPS) is 15.5. The van der Waals surface area contributed by atoms with E-state index in [-0.39, 0.29) is 11.8 Å². The van der Waals surface area contributed by atoms with Crippen molar-refractivity contribution in [2.45, 2.75) is 47.1 Å². The summed E-state index contributed by atoms with van der Waals surface area (Å²) in [5.74, 6) is -1.33. The van der Waals surface area contributed by atoms with Gasteiger partial charge in [-0.3, -0.25) is 4.79 Å². The Labute approximate surface area is 91.1 Å². The Hall–Kier alpha value is -1.06. The van der Waals surface area contributed by atoms with Gasteiger partial charge in [0.2, 0.25) is 5.91 Å². The average molecular weight is 215 g/mol. The molecule has 0 heterocycles. The molecule has 4 heteroatoms. The SMILES string of the molecule is CCC(C)C(=O)N[C@H](C(=O)O)C(C)(C)C. The summed E-state index contributed by atoms with van der Waals surface area (Å²) in [5.41, 5.74) is -0.477. The van der Waals surface area contributed by atoms with Crippen LogP contribution in [0.2, 0.25) is 0 Å². The number of amides is 1. The van der Waals surface area contributed by atoms with Crippen LogP contribution in [0.15, 0.2) is 0 Å². The maximum Gasteiger partial charge on any atom is 0.326 e. The van der Waals surface area contributed by atoms with Crippen LogP contribution in [0.5, 0.6) is 0 Å². The number of nitrogens with one attached hydrogen (secondary N) is 1. The molecular weight excluding hydrogens is 194 g/mol. The minimum absolute atomic E-state index is 0.144. The van der Waals surface area contributed by atoms with E-state index in [4.69, 9.17) is 5.11 Å². The molecule has 4 nitrogen and oxygen atoms in total. The lowest BCUT2D eigenvalue weighted by atomic mass is 9.86. The van der Waals surface area contributed by atoms with Gasteiger partial charge in [-0.1, -0.05) is 34.6 Å². The molecule has 0 aromatic rings. The Morgan fingerprint density at radius 1 is 1.33 bits per heavy atom. The molecule has 0 aliphatic carbocycles. The molecule has 0 bridgehead atoms. The summed E-state index contributed by atoms with van der Waals surface area (Å²) in [6.07, 6.45) is 0.711. The third-order valence-corrected chi connectivity index (χ3v) is 2.46. The minimum Gasteiger partial charge on any atom is -0.480 e. The number of carbonyl (C=O) groups is 2. The second-order valence-electron chi connectivity index (χ2n) is 4.96. The molecule has 0 aromatic carbocycles. The Balaban J connectivity index is 4.58. The monoisotopic (exact) mass is 215 g/mol. The van der Waals surface area contributed by atoms with E-state index in [2.05, 4.69) is 5.32 Å². The van der Waals surface area contributed by atoms with E-state index < -0.39 is 17.4 Å². The van der Waals surface area contributed by atoms with Crippen LogP contribution in [0.4, 0.5) is 0 Å². The van der Waals surface area contributed by atoms with Gasteiger partial charge in [-0.15, -0.1) is 0 Å². The van der Waals surface area contributed by atoms with Gasteiger partial charge in [0.25, 0.3) is 0 Å². The van der Waals surface area contributed by atoms with E-state index >= 15 is 0 Å². The molecule has 2 N–H and O–H groups in total. The maximum atomic E-state index is 11.6. The Kier molecular flexibility index (Phi) is 4.78. The van der Waals surface area contributed by atoms with E-state index in [0.717, 1.165) is 0 Å². The predicted molar refractivity (Wildman–Crippen MR) is 58.5 cm³/mol. The molecule has 15 heavy (non-hydrogen) atoms. The summed E-state index contributed by atoms with van der Waals surface area (Å²) in [4.78, 5) is 22.5. The minimum atomic E-state index is -0.987. The van der Waals surface area contributed by atoms with Gasteiger partial charge in [0.05, 0.1) is 0 Å². The summed E-state index contributed by atoms with van der Waals surface area (Å²) in [5, 5.41) is 11.6. The lowest BCUT2D eigenvalue weighted by Gasteiger charge is -2.28. The highest BCUT2D eigenvalue weighted by Crippen LogP contribution is 2.20. The van der Waals surface area contributed by atoms with Crippen LogP contribution in [0.1, 0.15) is 41.0 Å². The third kappa shape index (κ3) is 4.32. The predicted octanol–water partition coefficient (Wildman–Crippen LogP) is 1.65. The molecule has 1 amide bonds. The van der Waals surface area contributed by atoms with Gasteiger partial charge < -0.3 is 10.4 Å². The van der Waals surface area contributed by atoms with Crippen molar-refractivity contribution in [3.63, 3.8) is 0 Å². The van der Waals surface area contributed by atoms with Gasteiger partial charge in [0.1, 0.15) is 6.04 Å². The first-order valence-corrected chi connectivity index (χ1v) is 5.23. The van der Waals surface area contributed by atoms with Gasteiger partial charge in [-0.05, 0) is 11.8 Å². The van der Waals surface area contributed by atoms with Crippen LogP contribution in [0.25, 0.3) is 0 Å². The Bertz CT molecular complexity index is 243. The van der Waals surface area contributed by atoms with Crippen molar-refractivity contribution >= 4 is 11.9 Å². The molecule has 0 saturated heterocycles. The molecule has 0 radical (unpaired) electrons. The second-order valence-corrected chi connectivity index (χ2v) is 4.96. The molecule has 0 rings (SSSR count). The molecular formula is C11H21NO3. The molecule has 0 aliphatic rings. The van der Waals surface area contributed by atoms with E-state index in [1.54, 1.807) is 27.7 Å². The van der Waals surface area contributed by atoms with Crippen LogP contribution < -0.4 is 5.32 Å². The smallest absolute Gasteiger partial charge is 0.326 e. The van der Waals surface area contributed by atoms with E-state index in [1.165, 1.54) is 0 Å². The first kappa shape index (κ1) is 13.9. The zero-order valence-electron chi connectivity index (χ0n) is 10.1. The summed E-state index contributed by atoms with van der Waals surface area (Å²) in [6, 6.07) is -0.834. The van der Waals surface area contributed by atoms with Gasteiger partial charge in [-0.25, -0.2) is 4.79 Å². The fourth-order valence-electron chi connectivity index (χ4n) is 1.12. The van der Waals surface area contributed by atoms with Crippen molar-refractivity contribution in [3.8, 4) is 0 Å². The van der Waals surface area contributed by atoms with E-state index in [9.17, 15) is 9.59 Å². The van der Waals surface area contributed by atoms with Crippen molar-refractivity contribution in [2.75, 3.05) is 0 Å². The molecule has 0 fully saturated rings. The third-order valence-electron chi connectivity index (χ3n) is 2.46. The van der Waals surface area contributed by atoms with Crippen molar-refractivity contribution in [3.05, 3.63) is 0 Å². The Morgan fingerprint density at radius 3 is 2.07 bits per heavy atom. The number of rotatable bonds is 4. The summed E-state index contributed by atoms with van der Waals surface area (Å²) >= 11 is 0. The highest BCUT2D eigenvalue weighted by Gasteiger charge is 2.33. The fraction of sp³-hybridized carbons (Fsp3) is 0.818. The quantitative estimate of drug-likeness (QED) is 0.749. The van der Waals surface area contributed by atoms with Gasteiger partial charge in [0.15, 0.2) is 0 Å². The molecule has 88 valence electrons. The molecule has 0 aliphatic heterocycles. The first-order valence-electron chi connectivity index (χ1n) is 5.23. The van der Waals surface area contributed by atoms with Crippen LogP contribution in [0, 0.1) is 11.3 Å². The molecule has 2 atom stereocenters. The molecule has 0 spiro atoms. The number of carbonyl (C=O) groups excluding carboxylic acids is 1. The molecule has 0 saturated carbocycles. The van der Waals surface area contributed by atoms with E-state index in [0.29, 0.717) is 6.42 Å². The average Bonchev–Trinajstić information content (AvgIpc) is 2.09. The maximum absolute atomic E-state index is 11.6. The first-order chi connectivity index (χ1) is 6.70. The molecule has 1 unspecified atom stereocenters. The van der Waals surface area contributed by atoms with Crippen molar-refractivity contribution < 1.29 is 14.7 Å². The number of carboxylic acid groups (broad SMARTS) is 1. The fourth-order valence-corrected chi connectivity index (χ4v) is 1.12. The molecule has 0 aromatic heterocycles. The zero-order chi connectivity index (χ0) is 12.2. The lowest BCUT2D eigenvalue weighted by molar-refractivity contribution is -0.145. The standard InChI is InChI=1S/C11H21NO3/c1-6-7(2)9(13)12-8(10(14)15)11(3,4)5/h7-8H,6H2,1-5H3,(H,12,13)(H,14,15)/t7?,8-/m1/s1. The number of hydrogen-bond acceptors (Lipinski definition) is 2. The number of aliphatic carboxylic acids is 1. The zero-order valence-corrected chi connectivity index (χ0v) is 10.1. The summed E-state index contributed by atoms with van der Waals surface area (Å²) in [6.45, 7) is 9.07. The van der Waals surface area contributed by atoms with Crippen LogP contribution in [-0.2, 0) is 9.59 Å².